The molecule has 1 fully saturated rings. The predicted molar refractivity (Wildman–Crippen MR) is 83.8 cm³/mol. The quantitative estimate of drug-likeness (QED) is 0.899. The summed E-state index contributed by atoms with van der Waals surface area (Å²) in [6, 6.07) is 3.24. The third kappa shape index (κ3) is 3.83. The molecule has 1 saturated heterocycles. The van der Waals surface area contributed by atoms with E-state index in [0.717, 1.165) is 19.6 Å². The van der Waals surface area contributed by atoms with Crippen LogP contribution in [0.25, 0.3) is 0 Å². The van der Waals surface area contributed by atoms with Gasteiger partial charge in [0.15, 0.2) is 0 Å². The lowest BCUT2D eigenvalue weighted by Crippen LogP contribution is -2.61. The van der Waals surface area contributed by atoms with Crippen LogP contribution < -0.4 is 5.32 Å². The molecule has 0 aromatic carbocycles. The van der Waals surface area contributed by atoms with Crippen LogP contribution in [0.2, 0.25) is 0 Å². The number of hydrogen-bond acceptors (Lipinski definition) is 3. The summed E-state index contributed by atoms with van der Waals surface area (Å²) in [6.07, 6.45) is 4.60. The van der Waals surface area contributed by atoms with Crippen molar-refractivity contribution in [2.75, 3.05) is 13.1 Å². The molecule has 4 heteroatoms. The van der Waals surface area contributed by atoms with Crippen molar-refractivity contribution < 1.29 is 0 Å². The standard InChI is InChI=1S/C16H30N4/c1-6-7-15-10-17-16(4,5)12-19(15)11-14-8-9-20(18-14)13(2)3/h8-9,13,15,17H,6-7,10-12H2,1-5H3. The highest BCUT2D eigenvalue weighted by Crippen LogP contribution is 2.20. The Hall–Kier alpha value is -0.870. The van der Waals surface area contributed by atoms with Crippen LogP contribution in [-0.4, -0.2) is 39.4 Å². The summed E-state index contributed by atoms with van der Waals surface area (Å²) < 4.78 is 2.05. The number of hydrogen-bond donors (Lipinski definition) is 1. The summed E-state index contributed by atoms with van der Waals surface area (Å²) in [7, 11) is 0. The van der Waals surface area contributed by atoms with Gasteiger partial charge < -0.3 is 5.32 Å². The highest BCUT2D eigenvalue weighted by Gasteiger charge is 2.32. The van der Waals surface area contributed by atoms with E-state index in [1.807, 2.05) is 0 Å². The van der Waals surface area contributed by atoms with Crippen molar-refractivity contribution in [1.29, 1.82) is 0 Å². The largest absolute Gasteiger partial charge is 0.309 e. The number of nitrogens with one attached hydrogen (secondary N) is 1. The van der Waals surface area contributed by atoms with E-state index in [2.05, 4.69) is 61.8 Å². The third-order valence-corrected chi connectivity index (χ3v) is 4.11. The molecular formula is C16H30N4. The first-order chi connectivity index (χ1) is 9.41. The van der Waals surface area contributed by atoms with Gasteiger partial charge in [0.05, 0.1) is 5.69 Å². The third-order valence-electron chi connectivity index (χ3n) is 4.11. The average Bonchev–Trinajstić information content (AvgIpc) is 2.81. The van der Waals surface area contributed by atoms with Crippen molar-refractivity contribution in [3.05, 3.63) is 18.0 Å². The number of rotatable bonds is 5. The van der Waals surface area contributed by atoms with Crippen molar-refractivity contribution in [2.24, 2.45) is 0 Å². The van der Waals surface area contributed by atoms with Gasteiger partial charge in [0.1, 0.15) is 0 Å². The minimum absolute atomic E-state index is 0.199. The Kier molecular flexibility index (Phi) is 4.86. The van der Waals surface area contributed by atoms with Gasteiger partial charge in [-0.25, -0.2) is 0 Å². The normalized spacial score (nSPS) is 23.4. The van der Waals surface area contributed by atoms with Crippen molar-refractivity contribution in [3.63, 3.8) is 0 Å². The van der Waals surface area contributed by atoms with Gasteiger partial charge in [-0.15, -0.1) is 0 Å². The van der Waals surface area contributed by atoms with Gasteiger partial charge in [0, 0.05) is 43.5 Å². The molecule has 4 nitrogen and oxygen atoms in total. The van der Waals surface area contributed by atoms with Crippen LogP contribution in [0.5, 0.6) is 0 Å². The van der Waals surface area contributed by atoms with E-state index in [9.17, 15) is 0 Å². The summed E-state index contributed by atoms with van der Waals surface area (Å²) in [5.74, 6) is 0. The predicted octanol–water partition coefficient (Wildman–Crippen LogP) is 2.82. The first-order valence-electron chi connectivity index (χ1n) is 7.94. The van der Waals surface area contributed by atoms with E-state index in [-0.39, 0.29) is 5.54 Å². The fraction of sp³-hybridized carbons (Fsp3) is 0.812. The molecule has 0 spiro atoms. The fourth-order valence-corrected chi connectivity index (χ4v) is 2.98. The Morgan fingerprint density at radius 1 is 1.45 bits per heavy atom. The van der Waals surface area contributed by atoms with Crippen molar-refractivity contribution in [1.82, 2.24) is 20.0 Å². The van der Waals surface area contributed by atoms with E-state index < -0.39 is 0 Å². The average molecular weight is 278 g/mol. The monoisotopic (exact) mass is 278 g/mol. The van der Waals surface area contributed by atoms with Gasteiger partial charge in [-0.05, 0) is 40.2 Å². The van der Waals surface area contributed by atoms with Gasteiger partial charge in [-0.1, -0.05) is 13.3 Å². The van der Waals surface area contributed by atoms with Gasteiger partial charge >= 0.3 is 0 Å². The maximum atomic E-state index is 4.70. The van der Waals surface area contributed by atoms with Gasteiger partial charge in [-0.3, -0.25) is 9.58 Å². The van der Waals surface area contributed by atoms with Crippen LogP contribution in [0.3, 0.4) is 0 Å². The number of aromatic nitrogens is 2. The molecule has 1 N–H and O–H groups in total. The fourth-order valence-electron chi connectivity index (χ4n) is 2.98. The van der Waals surface area contributed by atoms with E-state index >= 15 is 0 Å². The van der Waals surface area contributed by atoms with E-state index in [1.54, 1.807) is 0 Å². The number of nitrogens with zero attached hydrogens (tertiary/aromatic N) is 3. The Morgan fingerprint density at radius 2 is 2.20 bits per heavy atom. The molecule has 20 heavy (non-hydrogen) atoms. The zero-order valence-corrected chi connectivity index (χ0v) is 13.7. The lowest BCUT2D eigenvalue weighted by Gasteiger charge is -2.44. The molecule has 0 aliphatic carbocycles. The Bertz CT molecular complexity index is 422. The molecule has 1 aromatic rings. The van der Waals surface area contributed by atoms with Gasteiger partial charge in [0.2, 0.25) is 0 Å². The highest BCUT2D eigenvalue weighted by molar-refractivity contribution is 5.02. The molecule has 2 rings (SSSR count). The topological polar surface area (TPSA) is 33.1 Å². The van der Waals surface area contributed by atoms with E-state index in [4.69, 9.17) is 5.10 Å². The highest BCUT2D eigenvalue weighted by atomic mass is 15.3. The van der Waals surface area contributed by atoms with Crippen molar-refractivity contribution in [2.45, 2.75) is 71.6 Å². The molecule has 1 aromatic heterocycles. The zero-order chi connectivity index (χ0) is 14.8. The van der Waals surface area contributed by atoms with Crippen LogP contribution in [0.4, 0.5) is 0 Å². The molecule has 1 unspecified atom stereocenters. The van der Waals surface area contributed by atoms with Crippen LogP contribution in [-0.2, 0) is 6.54 Å². The Morgan fingerprint density at radius 3 is 2.80 bits per heavy atom. The SMILES string of the molecule is CCCC1CNC(C)(C)CN1Cc1ccn(C(C)C)n1. The molecule has 1 atom stereocenters. The molecular weight excluding hydrogens is 248 g/mol. The lowest BCUT2D eigenvalue weighted by molar-refractivity contribution is 0.0813. The molecule has 114 valence electrons. The first-order valence-corrected chi connectivity index (χ1v) is 7.94. The molecule has 0 radical (unpaired) electrons. The zero-order valence-electron chi connectivity index (χ0n) is 13.7. The second-order valence-corrected chi connectivity index (χ2v) is 6.99. The van der Waals surface area contributed by atoms with E-state index in [1.165, 1.54) is 18.5 Å². The maximum Gasteiger partial charge on any atom is 0.0765 e. The van der Waals surface area contributed by atoms with Gasteiger partial charge in [0.25, 0.3) is 0 Å². The van der Waals surface area contributed by atoms with E-state index in [0.29, 0.717) is 12.1 Å². The summed E-state index contributed by atoms with van der Waals surface area (Å²) in [6.45, 7) is 14.3. The Labute approximate surface area is 123 Å². The van der Waals surface area contributed by atoms with Crippen LogP contribution in [0, 0.1) is 0 Å². The molecule has 1 aliphatic heterocycles. The Balaban J connectivity index is 2.05. The van der Waals surface area contributed by atoms with Crippen LogP contribution in [0.15, 0.2) is 12.3 Å². The first kappa shape index (κ1) is 15.5. The number of piperazine rings is 1. The van der Waals surface area contributed by atoms with Crippen LogP contribution in [0.1, 0.15) is 59.2 Å². The van der Waals surface area contributed by atoms with Crippen LogP contribution >= 0.6 is 0 Å². The summed E-state index contributed by atoms with van der Waals surface area (Å²) in [4.78, 5) is 2.60. The second kappa shape index (κ2) is 6.27. The van der Waals surface area contributed by atoms with Crippen molar-refractivity contribution in [3.8, 4) is 0 Å². The van der Waals surface area contributed by atoms with Gasteiger partial charge in [-0.2, -0.15) is 5.10 Å². The smallest absolute Gasteiger partial charge is 0.0765 e. The lowest BCUT2D eigenvalue weighted by atomic mass is 9.96. The van der Waals surface area contributed by atoms with Crippen molar-refractivity contribution >= 4 is 0 Å². The molecule has 0 bridgehead atoms. The molecule has 0 saturated carbocycles. The summed E-state index contributed by atoms with van der Waals surface area (Å²) >= 11 is 0. The molecule has 2 heterocycles. The molecule has 0 amide bonds. The summed E-state index contributed by atoms with van der Waals surface area (Å²) in [5, 5.41) is 8.37. The minimum Gasteiger partial charge on any atom is -0.309 e. The second-order valence-electron chi connectivity index (χ2n) is 6.99. The maximum absolute atomic E-state index is 4.70. The minimum atomic E-state index is 0.199. The molecule has 1 aliphatic rings. The summed E-state index contributed by atoms with van der Waals surface area (Å²) in [5.41, 5.74) is 1.39.